The van der Waals surface area contributed by atoms with E-state index in [1.807, 2.05) is 30.1 Å². The van der Waals surface area contributed by atoms with Crippen LogP contribution in [-0.2, 0) is 6.54 Å². The smallest absolute Gasteiger partial charge is 0.171 e. The SMILES string of the molecule is CN(Cc1ccccc1Br)c1nccnc1Cl. The Hall–Kier alpha value is -1.13. The second-order valence-corrected chi connectivity index (χ2v) is 4.83. The number of nitrogens with zero attached hydrogens (tertiary/aromatic N) is 3. The first-order valence-corrected chi connectivity index (χ1v) is 6.26. The van der Waals surface area contributed by atoms with Gasteiger partial charge in [-0.2, -0.15) is 0 Å². The molecule has 0 saturated heterocycles. The Kier molecular flexibility index (Phi) is 3.97. The molecule has 0 bridgehead atoms. The molecule has 17 heavy (non-hydrogen) atoms. The minimum absolute atomic E-state index is 0.419. The zero-order valence-electron chi connectivity index (χ0n) is 9.27. The van der Waals surface area contributed by atoms with Crippen LogP contribution in [0.1, 0.15) is 5.56 Å². The van der Waals surface area contributed by atoms with Gasteiger partial charge in [-0.25, -0.2) is 9.97 Å². The van der Waals surface area contributed by atoms with Crippen molar-refractivity contribution in [1.29, 1.82) is 0 Å². The van der Waals surface area contributed by atoms with Gasteiger partial charge in [-0.1, -0.05) is 45.7 Å². The fraction of sp³-hybridized carbons (Fsp3) is 0.167. The highest BCUT2D eigenvalue weighted by Crippen LogP contribution is 2.23. The van der Waals surface area contributed by atoms with E-state index < -0.39 is 0 Å². The van der Waals surface area contributed by atoms with Crippen LogP contribution in [0.25, 0.3) is 0 Å². The molecule has 3 nitrogen and oxygen atoms in total. The summed E-state index contributed by atoms with van der Waals surface area (Å²) >= 11 is 9.52. The summed E-state index contributed by atoms with van der Waals surface area (Å²) in [5, 5.41) is 0.419. The molecular weight excluding hydrogens is 302 g/mol. The zero-order valence-corrected chi connectivity index (χ0v) is 11.6. The lowest BCUT2D eigenvalue weighted by molar-refractivity contribution is 0.886. The molecule has 0 radical (unpaired) electrons. The fourth-order valence-corrected chi connectivity index (χ4v) is 2.19. The molecule has 0 amide bonds. The van der Waals surface area contributed by atoms with Crippen molar-refractivity contribution in [2.24, 2.45) is 0 Å². The van der Waals surface area contributed by atoms with E-state index in [0.717, 1.165) is 11.0 Å². The van der Waals surface area contributed by atoms with Crippen LogP contribution in [0.15, 0.2) is 41.1 Å². The molecule has 1 aromatic carbocycles. The molecule has 0 fully saturated rings. The first-order valence-electron chi connectivity index (χ1n) is 5.09. The third kappa shape index (κ3) is 2.96. The molecule has 5 heteroatoms. The maximum absolute atomic E-state index is 6.00. The molecule has 88 valence electrons. The topological polar surface area (TPSA) is 29.0 Å². The molecule has 0 aliphatic heterocycles. The predicted molar refractivity (Wildman–Crippen MR) is 73.3 cm³/mol. The van der Waals surface area contributed by atoms with Crippen molar-refractivity contribution < 1.29 is 0 Å². The van der Waals surface area contributed by atoms with E-state index in [4.69, 9.17) is 11.6 Å². The van der Waals surface area contributed by atoms with Crippen LogP contribution in [0.5, 0.6) is 0 Å². The van der Waals surface area contributed by atoms with Crippen molar-refractivity contribution in [3.8, 4) is 0 Å². The summed E-state index contributed by atoms with van der Waals surface area (Å²) in [5.74, 6) is 0.685. The molecule has 2 rings (SSSR count). The van der Waals surface area contributed by atoms with Crippen molar-refractivity contribution in [3.63, 3.8) is 0 Å². The molecule has 0 spiro atoms. The molecule has 2 aromatic rings. The number of rotatable bonds is 3. The molecule has 0 unspecified atom stereocenters. The molecule has 1 heterocycles. The van der Waals surface area contributed by atoms with Gasteiger partial charge in [-0.05, 0) is 11.6 Å². The normalized spacial score (nSPS) is 10.3. The molecule has 0 saturated carbocycles. The number of aromatic nitrogens is 2. The molecule has 0 N–H and O–H groups in total. The summed E-state index contributed by atoms with van der Waals surface area (Å²) in [7, 11) is 1.94. The highest BCUT2D eigenvalue weighted by atomic mass is 79.9. The first kappa shape index (κ1) is 12.3. The third-order valence-corrected chi connectivity index (χ3v) is 3.40. The van der Waals surface area contributed by atoms with E-state index >= 15 is 0 Å². The Labute approximate surface area is 114 Å². The highest BCUT2D eigenvalue weighted by Gasteiger charge is 2.09. The zero-order chi connectivity index (χ0) is 12.3. The average Bonchev–Trinajstić information content (AvgIpc) is 2.32. The van der Waals surface area contributed by atoms with Crippen molar-refractivity contribution in [2.45, 2.75) is 6.54 Å². The summed E-state index contributed by atoms with van der Waals surface area (Å²) in [6.45, 7) is 0.722. The maximum Gasteiger partial charge on any atom is 0.171 e. The quantitative estimate of drug-likeness (QED) is 0.868. The largest absolute Gasteiger partial charge is 0.353 e. The monoisotopic (exact) mass is 311 g/mol. The van der Waals surface area contributed by atoms with Gasteiger partial charge in [0.1, 0.15) is 0 Å². The lowest BCUT2D eigenvalue weighted by atomic mass is 10.2. The summed E-state index contributed by atoms with van der Waals surface area (Å²) < 4.78 is 1.08. The van der Waals surface area contributed by atoms with Crippen molar-refractivity contribution in [3.05, 3.63) is 51.8 Å². The molecular formula is C12H11BrClN3. The Morgan fingerprint density at radius 2 is 1.94 bits per heavy atom. The van der Waals surface area contributed by atoms with Gasteiger partial charge >= 0.3 is 0 Å². The van der Waals surface area contributed by atoms with E-state index in [0.29, 0.717) is 11.0 Å². The Morgan fingerprint density at radius 3 is 2.65 bits per heavy atom. The van der Waals surface area contributed by atoms with E-state index in [1.54, 1.807) is 12.4 Å². The predicted octanol–water partition coefficient (Wildman–Crippen LogP) is 3.53. The van der Waals surface area contributed by atoms with Crippen LogP contribution < -0.4 is 4.90 Å². The maximum atomic E-state index is 6.00. The first-order chi connectivity index (χ1) is 8.18. The molecule has 0 aliphatic carbocycles. The fourth-order valence-electron chi connectivity index (χ4n) is 1.53. The van der Waals surface area contributed by atoms with Crippen molar-refractivity contribution in [2.75, 3.05) is 11.9 Å². The molecule has 0 atom stereocenters. The summed E-state index contributed by atoms with van der Waals surface area (Å²) in [5.41, 5.74) is 1.18. The van der Waals surface area contributed by atoms with E-state index in [1.165, 1.54) is 5.56 Å². The minimum atomic E-state index is 0.419. The van der Waals surface area contributed by atoms with E-state index in [2.05, 4.69) is 32.0 Å². The highest BCUT2D eigenvalue weighted by molar-refractivity contribution is 9.10. The lowest BCUT2D eigenvalue weighted by Gasteiger charge is -2.19. The van der Waals surface area contributed by atoms with Gasteiger partial charge < -0.3 is 4.90 Å². The molecule has 0 aliphatic rings. The van der Waals surface area contributed by atoms with E-state index in [-0.39, 0.29) is 0 Å². The van der Waals surface area contributed by atoms with Crippen molar-refractivity contribution >= 4 is 33.3 Å². The Bertz CT molecular complexity index is 519. The number of benzene rings is 1. The average molecular weight is 313 g/mol. The number of hydrogen-bond acceptors (Lipinski definition) is 3. The Balaban J connectivity index is 2.20. The lowest BCUT2D eigenvalue weighted by Crippen LogP contribution is -2.18. The number of hydrogen-bond donors (Lipinski definition) is 0. The standard InChI is InChI=1S/C12H11BrClN3/c1-17(12-11(14)15-6-7-16-12)8-9-4-2-3-5-10(9)13/h2-7H,8H2,1H3. The number of halogens is 2. The second kappa shape index (κ2) is 5.47. The van der Waals surface area contributed by atoms with Gasteiger partial charge in [0.15, 0.2) is 11.0 Å². The Morgan fingerprint density at radius 1 is 1.24 bits per heavy atom. The van der Waals surface area contributed by atoms with Crippen molar-refractivity contribution in [1.82, 2.24) is 9.97 Å². The second-order valence-electron chi connectivity index (χ2n) is 3.62. The van der Waals surface area contributed by atoms with Crippen LogP contribution in [0, 0.1) is 0 Å². The van der Waals surface area contributed by atoms with Crippen LogP contribution in [0.4, 0.5) is 5.82 Å². The van der Waals surface area contributed by atoms with Crippen LogP contribution in [-0.4, -0.2) is 17.0 Å². The van der Waals surface area contributed by atoms with Gasteiger partial charge in [0.2, 0.25) is 0 Å². The van der Waals surface area contributed by atoms with Gasteiger partial charge in [0.05, 0.1) is 0 Å². The van der Waals surface area contributed by atoms with E-state index in [9.17, 15) is 0 Å². The van der Waals surface area contributed by atoms with Crippen LogP contribution in [0.3, 0.4) is 0 Å². The van der Waals surface area contributed by atoms with Gasteiger partial charge in [-0.15, -0.1) is 0 Å². The summed E-state index contributed by atoms with van der Waals surface area (Å²) in [6.07, 6.45) is 3.22. The van der Waals surface area contributed by atoms with Crippen LogP contribution in [0.2, 0.25) is 5.15 Å². The van der Waals surface area contributed by atoms with Crippen LogP contribution >= 0.6 is 27.5 Å². The minimum Gasteiger partial charge on any atom is -0.353 e. The van der Waals surface area contributed by atoms with Gasteiger partial charge in [0.25, 0.3) is 0 Å². The molecule has 1 aromatic heterocycles. The summed E-state index contributed by atoms with van der Waals surface area (Å²) in [6, 6.07) is 8.07. The third-order valence-electron chi connectivity index (χ3n) is 2.36. The van der Waals surface area contributed by atoms with Gasteiger partial charge in [-0.3, -0.25) is 0 Å². The number of anilines is 1. The van der Waals surface area contributed by atoms with Gasteiger partial charge in [0, 0.05) is 30.5 Å². The summed E-state index contributed by atoms with van der Waals surface area (Å²) in [4.78, 5) is 10.2.